The Morgan fingerprint density at radius 2 is 1.85 bits per heavy atom. The zero-order chi connectivity index (χ0) is 27.4. The average molecular weight is 536 g/mol. The maximum absolute atomic E-state index is 13.8. The molecule has 1 atom stereocenters. The first-order chi connectivity index (χ1) is 18.9. The number of nitrogens with zero attached hydrogens (tertiary/aromatic N) is 4. The summed E-state index contributed by atoms with van der Waals surface area (Å²) in [4.78, 5) is 30.6. The molecule has 0 spiro atoms. The van der Waals surface area contributed by atoms with E-state index < -0.39 is 0 Å². The van der Waals surface area contributed by atoms with E-state index in [-0.39, 0.29) is 31.3 Å². The number of hydrogen-bond acceptors (Lipinski definition) is 7. The smallest absolute Gasteiger partial charge is 0.317 e. The van der Waals surface area contributed by atoms with Crippen molar-refractivity contribution in [3.05, 3.63) is 58.7 Å². The zero-order valence-corrected chi connectivity index (χ0v) is 22.9. The number of nitrogens with one attached hydrogen (secondary N) is 1. The minimum Gasteiger partial charge on any atom is -0.454 e. The van der Waals surface area contributed by atoms with Gasteiger partial charge in [0.15, 0.2) is 11.5 Å². The number of rotatable bonds is 8. The third-order valence-corrected chi connectivity index (χ3v) is 7.52. The number of amides is 3. The van der Waals surface area contributed by atoms with E-state index in [2.05, 4.69) is 42.3 Å². The Bertz CT molecular complexity index is 1240. The van der Waals surface area contributed by atoms with Crippen molar-refractivity contribution >= 4 is 17.6 Å². The summed E-state index contributed by atoms with van der Waals surface area (Å²) in [6.45, 7) is 10.7. The highest BCUT2D eigenvalue weighted by Gasteiger charge is 2.35. The number of hydrogen-bond donors (Lipinski definition) is 1. The number of aryl methyl sites for hydroxylation is 2. The van der Waals surface area contributed by atoms with Crippen LogP contribution in [0.25, 0.3) is 0 Å². The molecule has 3 heterocycles. The Kier molecular flexibility index (Phi) is 8.33. The van der Waals surface area contributed by atoms with Crippen molar-refractivity contribution in [1.82, 2.24) is 20.1 Å². The Labute approximate surface area is 229 Å². The molecule has 5 rings (SSSR count). The summed E-state index contributed by atoms with van der Waals surface area (Å²) >= 11 is 0. The molecule has 208 valence electrons. The molecule has 3 amide bonds. The maximum Gasteiger partial charge on any atom is 0.317 e. The molecule has 1 N–H and O–H groups in total. The normalized spacial score (nSPS) is 18.7. The quantitative estimate of drug-likeness (QED) is 0.558. The van der Waals surface area contributed by atoms with Crippen LogP contribution in [0.15, 0.2) is 41.5 Å². The third-order valence-electron chi connectivity index (χ3n) is 7.52. The number of benzene rings is 2. The number of carbonyl (C=O) groups excluding carboxylic acids is 2. The SMILES string of the molecule is CCNC(=O)N(CCN1CCOCC1)CC(=O)N1N=C(c2ccc(C)c(C)c2)CC1c1ccc2c(c1)OCO2. The number of morpholine rings is 1. The zero-order valence-electron chi connectivity index (χ0n) is 22.9. The molecular formula is C29H37N5O5. The molecule has 0 aliphatic carbocycles. The Balaban J connectivity index is 1.39. The summed E-state index contributed by atoms with van der Waals surface area (Å²) < 4.78 is 16.5. The highest BCUT2D eigenvalue weighted by Crippen LogP contribution is 2.39. The van der Waals surface area contributed by atoms with Crippen molar-refractivity contribution in [3.63, 3.8) is 0 Å². The van der Waals surface area contributed by atoms with Crippen LogP contribution in [-0.4, -0.2) is 91.7 Å². The first-order valence-electron chi connectivity index (χ1n) is 13.6. The van der Waals surface area contributed by atoms with E-state index in [4.69, 9.17) is 19.3 Å². The van der Waals surface area contributed by atoms with Crippen molar-refractivity contribution in [2.75, 3.05) is 59.3 Å². The predicted octanol–water partition coefficient (Wildman–Crippen LogP) is 3.07. The summed E-state index contributed by atoms with van der Waals surface area (Å²) in [5, 5.41) is 9.23. The highest BCUT2D eigenvalue weighted by atomic mass is 16.7. The van der Waals surface area contributed by atoms with E-state index in [0.717, 1.165) is 29.9 Å². The molecule has 2 aromatic carbocycles. The Morgan fingerprint density at radius 3 is 2.62 bits per heavy atom. The standard InChI is InChI=1S/C29H37N5O5/c1-4-30-29(36)33(10-9-32-11-13-37-14-12-32)18-28(35)34-25(23-7-8-26-27(16-23)39-19-38-26)17-24(31-34)22-6-5-20(2)21(3)15-22/h5-8,15-16,25H,4,9-14,17-19H2,1-3H3,(H,30,36). The van der Waals surface area contributed by atoms with E-state index in [1.54, 1.807) is 9.91 Å². The number of fused-ring (bicyclic) bond motifs is 1. The van der Waals surface area contributed by atoms with Crippen LogP contribution in [0.5, 0.6) is 11.5 Å². The Morgan fingerprint density at radius 1 is 1.05 bits per heavy atom. The molecule has 3 aliphatic heterocycles. The van der Waals surface area contributed by atoms with Crippen molar-refractivity contribution in [3.8, 4) is 11.5 Å². The lowest BCUT2D eigenvalue weighted by molar-refractivity contribution is -0.133. The van der Waals surface area contributed by atoms with E-state index in [0.29, 0.717) is 50.8 Å². The fourth-order valence-electron chi connectivity index (χ4n) is 5.05. The third kappa shape index (κ3) is 6.17. The largest absolute Gasteiger partial charge is 0.454 e. The lowest BCUT2D eigenvalue weighted by Gasteiger charge is -2.31. The number of hydrazone groups is 1. The second-order valence-corrected chi connectivity index (χ2v) is 10.1. The van der Waals surface area contributed by atoms with Gasteiger partial charge < -0.3 is 24.4 Å². The van der Waals surface area contributed by atoms with Gasteiger partial charge in [-0.3, -0.25) is 9.69 Å². The van der Waals surface area contributed by atoms with Crippen molar-refractivity contribution in [2.45, 2.75) is 33.2 Å². The summed E-state index contributed by atoms with van der Waals surface area (Å²) in [5.74, 6) is 1.12. The van der Waals surface area contributed by atoms with Gasteiger partial charge in [0.2, 0.25) is 6.79 Å². The van der Waals surface area contributed by atoms with Gasteiger partial charge in [0.05, 0.1) is 25.0 Å². The number of carbonyl (C=O) groups is 2. The fraction of sp³-hybridized carbons (Fsp3) is 0.483. The van der Waals surface area contributed by atoms with Crippen molar-refractivity contribution in [2.24, 2.45) is 5.10 Å². The molecule has 3 aliphatic rings. The van der Waals surface area contributed by atoms with Crippen LogP contribution >= 0.6 is 0 Å². The van der Waals surface area contributed by atoms with Gasteiger partial charge in [-0.05, 0) is 61.2 Å². The minimum absolute atomic E-state index is 0.0685. The first-order valence-corrected chi connectivity index (χ1v) is 13.6. The van der Waals surface area contributed by atoms with Gasteiger partial charge in [-0.1, -0.05) is 18.2 Å². The van der Waals surface area contributed by atoms with Gasteiger partial charge >= 0.3 is 6.03 Å². The lowest BCUT2D eigenvalue weighted by Crippen LogP contribution is -2.49. The maximum atomic E-state index is 13.8. The second-order valence-electron chi connectivity index (χ2n) is 10.1. The topological polar surface area (TPSA) is 95.9 Å². The summed E-state index contributed by atoms with van der Waals surface area (Å²) in [6, 6.07) is 11.4. The lowest BCUT2D eigenvalue weighted by atomic mass is 9.96. The van der Waals surface area contributed by atoms with Crippen LogP contribution in [0.4, 0.5) is 4.79 Å². The Hall–Kier alpha value is -3.63. The highest BCUT2D eigenvalue weighted by molar-refractivity contribution is 6.03. The van der Waals surface area contributed by atoms with E-state index >= 15 is 0 Å². The molecule has 0 saturated carbocycles. The molecular weight excluding hydrogens is 498 g/mol. The van der Waals surface area contributed by atoms with Crippen LogP contribution in [0.1, 0.15) is 41.6 Å². The molecule has 10 nitrogen and oxygen atoms in total. The summed E-state index contributed by atoms with van der Waals surface area (Å²) in [6.07, 6.45) is 0.558. The van der Waals surface area contributed by atoms with Gasteiger partial charge in [-0.15, -0.1) is 0 Å². The van der Waals surface area contributed by atoms with Crippen molar-refractivity contribution < 1.29 is 23.8 Å². The van der Waals surface area contributed by atoms with Gasteiger partial charge in [0, 0.05) is 39.1 Å². The van der Waals surface area contributed by atoms with Crippen LogP contribution in [-0.2, 0) is 9.53 Å². The molecule has 0 radical (unpaired) electrons. The van der Waals surface area contributed by atoms with E-state index in [1.807, 2.05) is 25.1 Å². The molecule has 1 unspecified atom stereocenters. The van der Waals surface area contributed by atoms with E-state index in [1.165, 1.54) is 11.1 Å². The van der Waals surface area contributed by atoms with Gasteiger partial charge in [0.25, 0.3) is 5.91 Å². The number of urea groups is 1. The van der Waals surface area contributed by atoms with Crippen LogP contribution in [0.3, 0.4) is 0 Å². The first kappa shape index (κ1) is 27.0. The van der Waals surface area contributed by atoms with Crippen molar-refractivity contribution in [1.29, 1.82) is 0 Å². The average Bonchev–Trinajstić information content (AvgIpc) is 3.60. The molecule has 0 bridgehead atoms. The molecule has 10 heteroatoms. The summed E-state index contributed by atoms with van der Waals surface area (Å²) in [7, 11) is 0. The molecule has 0 aromatic heterocycles. The monoisotopic (exact) mass is 535 g/mol. The van der Waals surface area contributed by atoms with Crippen LogP contribution < -0.4 is 14.8 Å². The summed E-state index contributed by atoms with van der Waals surface area (Å²) in [5.41, 5.74) is 5.12. The number of ether oxygens (including phenoxy) is 3. The van der Waals surface area contributed by atoms with E-state index in [9.17, 15) is 9.59 Å². The van der Waals surface area contributed by atoms with Crippen LogP contribution in [0.2, 0.25) is 0 Å². The molecule has 39 heavy (non-hydrogen) atoms. The van der Waals surface area contributed by atoms with Crippen LogP contribution in [0, 0.1) is 13.8 Å². The molecule has 1 saturated heterocycles. The minimum atomic E-state index is -0.320. The second kappa shape index (κ2) is 12.0. The van der Waals surface area contributed by atoms with Gasteiger partial charge in [-0.25, -0.2) is 9.80 Å². The predicted molar refractivity (Wildman–Crippen MR) is 147 cm³/mol. The van der Waals surface area contributed by atoms with Gasteiger partial charge in [-0.2, -0.15) is 5.10 Å². The fourth-order valence-corrected chi connectivity index (χ4v) is 5.05. The van der Waals surface area contributed by atoms with Gasteiger partial charge in [0.1, 0.15) is 6.54 Å². The molecule has 1 fully saturated rings. The molecule has 2 aromatic rings.